The molecular formula is C41H58N4O5. The first-order valence-corrected chi connectivity index (χ1v) is 19.6. The maximum absolute atomic E-state index is 12.9. The van der Waals surface area contributed by atoms with Gasteiger partial charge in [0.1, 0.15) is 11.5 Å². The summed E-state index contributed by atoms with van der Waals surface area (Å²) in [6, 6.07) is 19.4. The highest BCUT2D eigenvalue weighted by molar-refractivity contribution is 5.74. The molecule has 4 fully saturated rings. The van der Waals surface area contributed by atoms with Crippen LogP contribution in [0.1, 0.15) is 116 Å². The van der Waals surface area contributed by atoms with Gasteiger partial charge in [-0.15, -0.1) is 0 Å². The zero-order chi connectivity index (χ0) is 34.5. The lowest BCUT2D eigenvalue weighted by molar-refractivity contribution is 0.178. The Morgan fingerprint density at radius 3 is 1.00 bits per heavy atom. The van der Waals surface area contributed by atoms with Gasteiger partial charge in [0.2, 0.25) is 0 Å². The van der Waals surface area contributed by atoms with E-state index in [4.69, 9.17) is 9.47 Å². The largest absolute Gasteiger partial charge is 0.412 e. The van der Waals surface area contributed by atoms with Crippen molar-refractivity contribution in [1.29, 1.82) is 0 Å². The number of benzene rings is 2. The molecule has 0 bridgehead atoms. The number of carbonyl (C=O) groups is 3. The summed E-state index contributed by atoms with van der Waals surface area (Å²) in [6.45, 7) is 0. The van der Waals surface area contributed by atoms with Crippen LogP contribution in [0.2, 0.25) is 0 Å². The maximum atomic E-state index is 12.9. The van der Waals surface area contributed by atoms with E-state index >= 15 is 0 Å². The van der Waals surface area contributed by atoms with E-state index in [2.05, 4.69) is 21.3 Å². The first-order valence-electron chi connectivity index (χ1n) is 19.6. The van der Waals surface area contributed by atoms with Crippen LogP contribution in [0, 0.1) is 23.7 Å². The van der Waals surface area contributed by atoms with E-state index < -0.39 is 0 Å². The predicted octanol–water partition coefficient (Wildman–Crippen LogP) is 8.88. The number of nitrogens with one attached hydrogen (secondary N) is 4. The van der Waals surface area contributed by atoms with Crippen molar-refractivity contribution in [1.82, 2.24) is 21.3 Å². The molecule has 9 nitrogen and oxygen atoms in total. The normalized spacial score (nSPS) is 29.9. The Morgan fingerprint density at radius 1 is 0.420 bits per heavy atom. The summed E-state index contributed by atoms with van der Waals surface area (Å²) in [5, 5.41) is 12.7. The second-order valence-corrected chi connectivity index (χ2v) is 15.7. The summed E-state index contributed by atoms with van der Waals surface area (Å²) < 4.78 is 10.8. The van der Waals surface area contributed by atoms with Crippen LogP contribution in [0.5, 0.6) is 11.5 Å². The zero-order valence-electron chi connectivity index (χ0n) is 29.7. The molecule has 4 N–H and O–H groups in total. The first kappa shape index (κ1) is 36.1. The Hall–Kier alpha value is -3.75. The topological polar surface area (TPSA) is 118 Å². The van der Waals surface area contributed by atoms with Crippen molar-refractivity contribution < 1.29 is 23.9 Å². The quantitative estimate of drug-likeness (QED) is 0.199. The van der Waals surface area contributed by atoms with E-state index in [0.29, 0.717) is 11.5 Å². The molecule has 0 atom stereocenters. The lowest BCUT2D eigenvalue weighted by Crippen LogP contribution is -2.48. The molecule has 0 aromatic heterocycles. The highest BCUT2D eigenvalue weighted by Crippen LogP contribution is 2.37. The van der Waals surface area contributed by atoms with Crippen LogP contribution in [-0.4, -0.2) is 42.4 Å². The molecule has 0 aliphatic heterocycles. The van der Waals surface area contributed by atoms with Crippen LogP contribution >= 0.6 is 0 Å². The molecule has 0 unspecified atom stereocenters. The Morgan fingerprint density at radius 2 is 0.700 bits per heavy atom. The summed E-state index contributed by atoms with van der Waals surface area (Å²) >= 11 is 0. The van der Waals surface area contributed by atoms with E-state index in [1.54, 1.807) is 24.3 Å². The van der Waals surface area contributed by atoms with Crippen LogP contribution in [-0.2, 0) is 0 Å². The minimum Gasteiger partial charge on any atom is -0.410 e. The summed E-state index contributed by atoms with van der Waals surface area (Å²) in [4.78, 5) is 37.4. The predicted molar refractivity (Wildman–Crippen MR) is 195 cm³/mol. The minimum absolute atomic E-state index is 0.0186. The van der Waals surface area contributed by atoms with Crippen molar-refractivity contribution in [2.24, 2.45) is 23.7 Å². The molecule has 4 saturated carbocycles. The SMILES string of the molecule is O=C(NC1CCC(CC2CCC(NC(=O)Oc3ccccc3)CC2)CC1)NC1CCC(CC2CCC(NC(=O)Oc3ccccc3)CC2)CC1. The summed E-state index contributed by atoms with van der Waals surface area (Å²) in [7, 11) is 0. The van der Waals surface area contributed by atoms with Gasteiger partial charge in [0, 0.05) is 24.2 Å². The van der Waals surface area contributed by atoms with E-state index in [1.165, 1.54) is 38.5 Å². The number of amides is 4. The molecule has 2 aromatic carbocycles. The summed E-state index contributed by atoms with van der Waals surface area (Å²) in [5.41, 5.74) is 0. The fraction of sp³-hybridized carbons (Fsp3) is 0.634. The van der Waals surface area contributed by atoms with Crippen LogP contribution in [0.3, 0.4) is 0 Å². The average Bonchev–Trinajstić information content (AvgIpc) is 3.12. The molecule has 4 aliphatic carbocycles. The van der Waals surface area contributed by atoms with Crippen LogP contribution in [0.4, 0.5) is 14.4 Å². The number of carbonyl (C=O) groups excluding carboxylic acids is 3. The van der Waals surface area contributed by atoms with Gasteiger partial charge < -0.3 is 30.7 Å². The number of hydrogen-bond acceptors (Lipinski definition) is 5. The Bertz CT molecular complexity index is 1230. The third-order valence-electron chi connectivity index (χ3n) is 11.9. The lowest BCUT2D eigenvalue weighted by atomic mass is 9.75. The number of hydrogen-bond donors (Lipinski definition) is 4. The second-order valence-electron chi connectivity index (χ2n) is 15.7. The molecule has 50 heavy (non-hydrogen) atoms. The van der Waals surface area contributed by atoms with Gasteiger partial charge in [-0.05, 0) is 164 Å². The van der Waals surface area contributed by atoms with Crippen molar-refractivity contribution in [2.75, 3.05) is 0 Å². The smallest absolute Gasteiger partial charge is 0.410 e. The van der Waals surface area contributed by atoms with Crippen molar-refractivity contribution in [3.05, 3.63) is 60.7 Å². The number of rotatable bonds is 10. The van der Waals surface area contributed by atoms with Gasteiger partial charge >= 0.3 is 18.2 Å². The van der Waals surface area contributed by atoms with E-state index in [0.717, 1.165) is 101 Å². The Balaban J connectivity index is 0.782. The molecule has 6 rings (SSSR count). The highest BCUT2D eigenvalue weighted by Gasteiger charge is 2.31. The highest BCUT2D eigenvalue weighted by atomic mass is 16.6. The molecule has 272 valence electrons. The third-order valence-corrected chi connectivity index (χ3v) is 11.9. The fourth-order valence-corrected chi connectivity index (χ4v) is 9.11. The van der Waals surface area contributed by atoms with E-state index in [-0.39, 0.29) is 42.4 Å². The van der Waals surface area contributed by atoms with Crippen molar-refractivity contribution in [3.8, 4) is 11.5 Å². The zero-order valence-corrected chi connectivity index (χ0v) is 29.7. The van der Waals surface area contributed by atoms with Gasteiger partial charge in [0.05, 0.1) is 0 Å². The maximum Gasteiger partial charge on any atom is 0.412 e. The van der Waals surface area contributed by atoms with E-state index in [1.807, 2.05) is 36.4 Å². The van der Waals surface area contributed by atoms with E-state index in [9.17, 15) is 14.4 Å². The summed E-state index contributed by atoms with van der Waals surface area (Å²) in [5.74, 6) is 4.09. The van der Waals surface area contributed by atoms with Crippen molar-refractivity contribution in [3.63, 3.8) is 0 Å². The Labute approximate surface area is 298 Å². The minimum atomic E-state index is -0.355. The monoisotopic (exact) mass is 686 g/mol. The Kier molecular flexibility index (Phi) is 13.3. The van der Waals surface area contributed by atoms with Crippen LogP contribution < -0.4 is 30.7 Å². The van der Waals surface area contributed by atoms with Gasteiger partial charge in [0.15, 0.2) is 0 Å². The molecule has 4 aliphatic rings. The standard InChI is InChI=1S/C41H58N4O5/c46-39(42-33-19-11-29(12-20-33)27-31-15-23-35(24-16-31)44-40(47)49-37-7-3-1-4-8-37)43-34-21-13-30(14-22-34)28-32-17-25-36(26-18-32)45-41(48)50-38-9-5-2-6-10-38/h1-10,29-36H,11-28H2,(H,44,47)(H,45,48)(H2,42,43,46). The third kappa shape index (κ3) is 11.7. The number of para-hydroxylation sites is 2. The van der Waals surface area contributed by atoms with Crippen LogP contribution in [0.15, 0.2) is 60.7 Å². The molecule has 9 heteroatoms. The molecule has 0 radical (unpaired) electrons. The number of urea groups is 1. The second kappa shape index (κ2) is 18.5. The molecule has 0 saturated heterocycles. The molecule has 2 aromatic rings. The molecular weight excluding hydrogens is 628 g/mol. The van der Waals surface area contributed by atoms with Gasteiger partial charge in [-0.1, -0.05) is 36.4 Å². The molecule has 4 amide bonds. The van der Waals surface area contributed by atoms with Gasteiger partial charge in [0.25, 0.3) is 0 Å². The van der Waals surface area contributed by atoms with Crippen molar-refractivity contribution in [2.45, 2.75) is 140 Å². The molecule has 0 heterocycles. The van der Waals surface area contributed by atoms with Crippen molar-refractivity contribution >= 4 is 18.2 Å². The lowest BCUT2D eigenvalue weighted by Gasteiger charge is -2.35. The van der Waals surface area contributed by atoms with Gasteiger partial charge in [-0.25, -0.2) is 14.4 Å². The molecule has 0 spiro atoms. The van der Waals surface area contributed by atoms with Crippen LogP contribution in [0.25, 0.3) is 0 Å². The van der Waals surface area contributed by atoms with Gasteiger partial charge in [-0.2, -0.15) is 0 Å². The fourth-order valence-electron chi connectivity index (χ4n) is 9.11. The van der Waals surface area contributed by atoms with Gasteiger partial charge in [-0.3, -0.25) is 0 Å². The number of ether oxygens (including phenoxy) is 2. The summed E-state index contributed by atoms with van der Waals surface area (Å²) in [6.07, 6.45) is 19.5. The average molecular weight is 687 g/mol. The first-order chi connectivity index (χ1) is 24.4.